The second-order valence-electron chi connectivity index (χ2n) is 4.99. The van der Waals surface area contributed by atoms with Crippen molar-refractivity contribution >= 4 is 5.57 Å². The van der Waals surface area contributed by atoms with Crippen molar-refractivity contribution in [1.82, 2.24) is 0 Å². The van der Waals surface area contributed by atoms with E-state index in [0.717, 1.165) is 18.4 Å². The molecule has 2 aromatic carbocycles. The van der Waals surface area contributed by atoms with Crippen molar-refractivity contribution in [1.29, 1.82) is 0 Å². The van der Waals surface area contributed by atoms with Gasteiger partial charge in [0, 0.05) is 12.0 Å². The molecule has 0 amide bonds. The number of aliphatic hydroxyl groups is 1. The standard InChI is InChI=1S/C18H18O/c1-2-17(19)18-15-9-5-3-7-13(15)11-12-14-8-4-6-10-16(14)18/h3-10,19H,2,11-12H2,1H3. The fourth-order valence-electron chi connectivity index (χ4n) is 2.87. The molecule has 0 radical (unpaired) electrons. The van der Waals surface area contributed by atoms with Crippen LogP contribution >= 0.6 is 0 Å². The van der Waals surface area contributed by atoms with Gasteiger partial charge in [0.2, 0.25) is 0 Å². The van der Waals surface area contributed by atoms with Crippen LogP contribution in [0.25, 0.3) is 5.57 Å². The quantitative estimate of drug-likeness (QED) is 0.738. The summed E-state index contributed by atoms with van der Waals surface area (Å²) in [5.74, 6) is 0.488. The molecule has 19 heavy (non-hydrogen) atoms. The first-order chi connectivity index (χ1) is 9.31. The maximum Gasteiger partial charge on any atom is 0.100 e. The van der Waals surface area contributed by atoms with Crippen molar-refractivity contribution in [2.75, 3.05) is 0 Å². The summed E-state index contributed by atoms with van der Waals surface area (Å²) in [6, 6.07) is 16.8. The fraction of sp³-hybridized carbons (Fsp3) is 0.222. The fourth-order valence-corrected chi connectivity index (χ4v) is 2.87. The van der Waals surface area contributed by atoms with Crippen molar-refractivity contribution in [2.45, 2.75) is 26.2 Å². The first-order valence-electron chi connectivity index (χ1n) is 6.90. The molecule has 1 nitrogen and oxygen atoms in total. The van der Waals surface area contributed by atoms with Gasteiger partial charge in [-0.05, 0) is 35.1 Å². The number of benzene rings is 2. The molecule has 0 aliphatic heterocycles. The topological polar surface area (TPSA) is 20.2 Å². The molecule has 96 valence electrons. The summed E-state index contributed by atoms with van der Waals surface area (Å²) in [4.78, 5) is 0. The highest BCUT2D eigenvalue weighted by molar-refractivity contribution is 5.85. The smallest absolute Gasteiger partial charge is 0.100 e. The predicted octanol–water partition coefficient (Wildman–Crippen LogP) is 4.51. The number of aliphatic hydroxyl groups excluding tert-OH is 1. The molecule has 0 saturated heterocycles. The Kier molecular flexibility index (Phi) is 3.12. The van der Waals surface area contributed by atoms with Crippen LogP contribution in [0.4, 0.5) is 0 Å². The van der Waals surface area contributed by atoms with Crippen LogP contribution in [0.3, 0.4) is 0 Å². The summed E-state index contributed by atoms with van der Waals surface area (Å²) in [7, 11) is 0. The average Bonchev–Trinajstić information content (AvgIpc) is 2.63. The number of hydrogen-bond acceptors (Lipinski definition) is 1. The summed E-state index contributed by atoms with van der Waals surface area (Å²) in [6.07, 6.45) is 2.74. The van der Waals surface area contributed by atoms with Gasteiger partial charge in [0.25, 0.3) is 0 Å². The lowest BCUT2D eigenvalue weighted by atomic mass is 9.92. The number of allylic oxidation sites excluding steroid dienone is 1. The molecule has 0 heterocycles. The minimum atomic E-state index is 0.488. The normalized spacial score (nSPS) is 13.4. The Bertz CT molecular complexity index is 588. The van der Waals surface area contributed by atoms with Gasteiger partial charge >= 0.3 is 0 Å². The van der Waals surface area contributed by atoms with Gasteiger partial charge in [-0.2, -0.15) is 0 Å². The lowest BCUT2D eigenvalue weighted by Gasteiger charge is -2.13. The van der Waals surface area contributed by atoms with Gasteiger partial charge in [0.15, 0.2) is 0 Å². The van der Waals surface area contributed by atoms with Crippen LogP contribution in [0.15, 0.2) is 54.3 Å². The highest BCUT2D eigenvalue weighted by atomic mass is 16.3. The van der Waals surface area contributed by atoms with E-state index < -0.39 is 0 Å². The Morgan fingerprint density at radius 3 is 1.84 bits per heavy atom. The highest BCUT2D eigenvalue weighted by Crippen LogP contribution is 2.35. The molecule has 1 aliphatic carbocycles. The zero-order valence-electron chi connectivity index (χ0n) is 11.2. The van der Waals surface area contributed by atoms with Gasteiger partial charge in [-0.15, -0.1) is 0 Å². The molecule has 2 aromatic rings. The molecule has 3 rings (SSSR count). The summed E-state index contributed by atoms with van der Waals surface area (Å²) >= 11 is 0. The second kappa shape index (κ2) is 4.93. The van der Waals surface area contributed by atoms with E-state index in [2.05, 4.69) is 48.5 Å². The summed E-state index contributed by atoms with van der Waals surface area (Å²) < 4.78 is 0. The molecule has 0 atom stereocenters. The molecular weight excluding hydrogens is 232 g/mol. The first kappa shape index (κ1) is 12.0. The molecule has 0 aromatic heterocycles. The minimum Gasteiger partial charge on any atom is -0.512 e. The van der Waals surface area contributed by atoms with Gasteiger partial charge < -0.3 is 5.11 Å². The van der Waals surface area contributed by atoms with Gasteiger partial charge in [0.05, 0.1) is 0 Å². The first-order valence-corrected chi connectivity index (χ1v) is 6.90. The number of aryl methyl sites for hydroxylation is 2. The molecule has 0 spiro atoms. The van der Waals surface area contributed by atoms with Crippen LogP contribution < -0.4 is 0 Å². The lowest BCUT2D eigenvalue weighted by molar-refractivity contribution is 0.398. The molecule has 0 fully saturated rings. The average molecular weight is 250 g/mol. The Hall–Kier alpha value is -2.02. The molecule has 0 unspecified atom stereocenters. The van der Waals surface area contributed by atoms with E-state index >= 15 is 0 Å². The van der Waals surface area contributed by atoms with E-state index in [0.29, 0.717) is 12.2 Å². The largest absolute Gasteiger partial charge is 0.512 e. The van der Waals surface area contributed by atoms with E-state index in [1.165, 1.54) is 22.3 Å². The van der Waals surface area contributed by atoms with E-state index in [1.54, 1.807) is 0 Å². The Morgan fingerprint density at radius 2 is 1.37 bits per heavy atom. The second-order valence-corrected chi connectivity index (χ2v) is 4.99. The lowest BCUT2D eigenvalue weighted by Crippen LogP contribution is -1.96. The molecular formula is C18H18O. The van der Waals surface area contributed by atoms with Crippen LogP contribution in [0.5, 0.6) is 0 Å². The third kappa shape index (κ3) is 2.06. The number of fused-ring (bicyclic) bond motifs is 2. The van der Waals surface area contributed by atoms with Gasteiger partial charge in [0.1, 0.15) is 5.76 Å². The third-order valence-electron chi connectivity index (χ3n) is 3.86. The summed E-state index contributed by atoms with van der Waals surface area (Å²) in [6.45, 7) is 2.00. The van der Waals surface area contributed by atoms with E-state index in [-0.39, 0.29) is 0 Å². The highest BCUT2D eigenvalue weighted by Gasteiger charge is 2.19. The molecule has 0 bridgehead atoms. The van der Waals surface area contributed by atoms with Crippen LogP contribution in [-0.2, 0) is 12.8 Å². The maximum atomic E-state index is 10.4. The SMILES string of the molecule is CCC(O)=C1c2ccccc2CCc2ccccc21. The van der Waals surface area contributed by atoms with Crippen LogP contribution in [0.1, 0.15) is 35.6 Å². The van der Waals surface area contributed by atoms with Crippen molar-refractivity contribution in [3.8, 4) is 0 Å². The molecule has 1 heteroatoms. The Morgan fingerprint density at radius 1 is 0.895 bits per heavy atom. The molecule has 1 N–H and O–H groups in total. The van der Waals surface area contributed by atoms with Crippen molar-refractivity contribution < 1.29 is 5.11 Å². The van der Waals surface area contributed by atoms with Gasteiger partial charge in [-0.25, -0.2) is 0 Å². The Balaban J connectivity index is 2.32. The monoisotopic (exact) mass is 250 g/mol. The van der Waals surface area contributed by atoms with Crippen molar-refractivity contribution in [3.63, 3.8) is 0 Å². The number of rotatable bonds is 1. The van der Waals surface area contributed by atoms with Crippen LogP contribution in [0, 0.1) is 0 Å². The Labute approximate surface area is 114 Å². The van der Waals surface area contributed by atoms with Crippen molar-refractivity contribution in [3.05, 3.63) is 76.5 Å². The van der Waals surface area contributed by atoms with Crippen LogP contribution in [0.2, 0.25) is 0 Å². The van der Waals surface area contributed by atoms with Crippen molar-refractivity contribution in [2.24, 2.45) is 0 Å². The van der Waals surface area contributed by atoms with E-state index in [1.807, 2.05) is 6.92 Å². The zero-order chi connectivity index (χ0) is 13.2. The van der Waals surface area contributed by atoms with Gasteiger partial charge in [-0.1, -0.05) is 55.5 Å². The minimum absolute atomic E-state index is 0.488. The van der Waals surface area contributed by atoms with Gasteiger partial charge in [-0.3, -0.25) is 0 Å². The molecule has 1 aliphatic rings. The summed E-state index contributed by atoms with van der Waals surface area (Å²) in [5.41, 5.74) is 6.05. The predicted molar refractivity (Wildman–Crippen MR) is 79.2 cm³/mol. The summed E-state index contributed by atoms with van der Waals surface area (Å²) in [5, 5.41) is 10.4. The van der Waals surface area contributed by atoms with Crippen LogP contribution in [-0.4, -0.2) is 5.11 Å². The number of hydrogen-bond donors (Lipinski definition) is 1. The van der Waals surface area contributed by atoms with E-state index in [9.17, 15) is 5.11 Å². The van der Waals surface area contributed by atoms with E-state index in [4.69, 9.17) is 0 Å². The maximum absolute atomic E-state index is 10.4. The third-order valence-corrected chi connectivity index (χ3v) is 3.86. The molecule has 0 saturated carbocycles. The zero-order valence-corrected chi connectivity index (χ0v) is 11.2.